The molecule has 160 valence electrons. The summed E-state index contributed by atoms with van der Waals surface area (Å²) in [6.07, 6.45) is 0. The molecular weight excluding hydrogens is 432 g/mol. The average Bonchev–Trinajstić information content (AvgIpc) is 2.75. The van der Waals surface area contributed by atoms with Gasteiger partial charge in [-0.3, -0.25) is 19.7 Å². The number of anilines is 1. The van der Waals surface area contributed by atoms with E-state index >= 15 is 0 Å². The van der Waals surface area contributed by atoms with E-state index in [2.05, 4.69) is 5.32 Å². The molecule has 0 aliphatic carbocycles. The summed E-state index contributed by atoms with van der Waals surface area (Å²) in [5, 5.41) is 14.1. The minimum atomic E-state index is -0.618. The number of hydrogen-bond donors (Lipinski definition) is 1. The third-order valence-corrected chi connectivity index (χ3v) is 5.31. The maximum atomic E-state index is 12.6. The highest BCUT2D eigenvalue weighted by Crippen LogP contribution is 2.28. The standard InChI is InChI=1S/C24H17ClN2O5/c1-13-9-14(2)23-18(10-13)21(28)12-22(32-23)15-3-5-16(6-4-15)24(29)26-17-7-8-19(25)20(11-17)27(30)31/h3-12H,1-2H3,(H,26,29). The summed E-state index contributed by atoms with van der Waals surface area (Å²) < 4.78 is 5.98. The molecular formula is C24H17ClN2O5. The SMILES string of the molecule is Cc1cc(C)c2oc(-c3ccc(C(=O)Nc4ccc(Cl)c([N+](=O)[O-])c4)cc3)cc(=O)c2c1. The van der Waals surface area contributed by atoms with Gasteiger partial charge in [0.05, 0.1) is 10.3 Å². The number of hydrogen-bond acceptors (Lipinski definition) is 5. The van der Waals surface area contributed by atoms with Crippen molar-refractivity contribution in [2.75, 3.05) is 5.32 Å². The Hall–Kier alpha value is -3.97. The smallest absolute Gasteiger partial charge is 0.289 e. The topological polar surface area (TPSA) is 102 Å². The lowest BCUT2D eigenvalue weighted by Crippen LogP contribution is -2.12. The number of halogens is 1. The van der Waals surface area contributed by atoms with Crippen molar-refractivity contribution in [1.29, 1.82) is 0 Å². The molecule has 0 fully saturated rings. The lowest BCUT2D eigenvalue weighted by molar-refractivity contribution is -0.384. The fourth-order valence-electron chi connectivity index (χ4n) is 3.47. The molecule has 0 aliphatic rings. The highest BCUT2D eigenvalue weighted by molar-refractivity contribution is 6.32. The van der Waals surface area contributed by atoms with Gasteiger partial charge in [0.25, 0.3) is 11.6 Å². The predicted octanol–water partition coefficient (Wildman–Crippen LogP) is 5.89. The van der Waals surface area contributed by atoms with Gasteiger partial charge in [-0.25, -0.2) is 0 Å². The van der Waals surface area contributed by atoms with E-state index in [0.29, 0.717) is 27.9 Å². The number of nitrogens with one attached hydrogen (secondary N) is 1. The molecule has 0 saturated carbocycles. The molecule has 8 heteroatoms. The van der Waals surface area contributed by atoms with Crippen LogP contribution in [0.4, 0.5) is 11.4 Å². The fourth-order valence-corrected chi connectivity index (χ4v) is 3.66. The molecule has 0 bridgehead atoms. The number of nitrogens with zero attached hydrogens (tertiary/aromatic N) is 1. The summed E-state index contributed by atoms with van der Waals surface area (Å²) in [5.41, 5.74) is 3.17. The van der Waals surface area contributed by atoms with Gasteiger partial charge in [-0.1, -0.05) is 29.8 Å². The molecule has 0 saturated heterocycles. The van der Waals surface area contributed by atoms with E-state index in [9.17, 15) is 19.7 Å². The highest BCUT2D eigenvalue weighted by atomic mass is 35.5. The zero-order valence-corrected chi connectivity index (χ0v) is 17.9. The number of carbonyl (C=O) groups is 1. The van der Waals surface area contributed by atoms with Gasteiger partial charge in [0.2, 0.25) is 0 Å². The van der Waals surface area contributed by atoms with Crippen LogP contribution >= 0.6 is 11.6 Å². The van der Waals surface area contributed by atoms with Crippen LogP contribution in [0.25, 0.3) is 22.3 Å². The van der Waals surface area contributed by atoms with Crippen molar-refractivity contribution in [2.24, 2.45) is 0 Å². The predicted molar refractivity (Wildman–Crippen MR) is 123 cm³/mol. The number of benzene rings is 3. The van der Waals surface area contributed by atoms with Crippen molar-refractivity contribution >= 4 is 39.9 Å². The second-order valence-corrected chi connectivity index (χ2v) is 7.80. The maximum Gasteiger partial charge on any atom is 0.289 e. The summed E-state index contributed by atoms with van der Waals surface area (Å²) in [4.78, 5) is 35.5. The quantitative estimate of drug-likeness (QED) is 0.309. The molecule has 4 rings (SSSR count). The van der Waals surface area contributed by atoms with Gasteiger partial charge in [-0.2, -0.15) is 0 Å². The largest absolute Gasteiger partial charge is 0.456 e. The van der Waals surface area contributed by atoms with Crippen molar-refractivity contribution in [3.8, 4) is 11.3 Å². The molecule has 0 unspecified atom stereocenters. The zero-order chi connectivity index (χ0) is 23.0. The normalized spacial score (nSPS) is 10.8. The molecule has 0 atom stereocenters. The van der Waals surface area contributed by atoms with E-state index < -0.39 is 10.8 Å². The molecule has 1 aromatic heterocycles. The van der Waals surface area contributed by atoms with Crippen molar-refractivity contribution in [3.05, 3.63) is 103 Å². The van der Waals surface area contributed by atoms with Crippen LogP contribution in [-0.4, -0.2) is 10.8 Å². The third kappa shape index (κ3) is 4.10. The van der Waals surface area contributed by atoms with E-state index in [1.54, 1.807) is 30.3 Å². The first-order valence-corrected chi connectivity index (χ1v) is 10.0. The van der Waals surface area contributed by atoms with Crippen LogP contribution < -0.4 is 10.7 Å². The highest BCUT2D eigenvalue weighted by Gasteiger charge is 2.15. The van der Waals surface area contributed by atoms with E-state index in [-0.39, 0.29) is 21.8 Å². The van der Waals surface area contributed by atoms with Gasteiger partial charge in [-0.05, 0) is 55.3 Å². The number of rotatable bonds is 4. The molecule has 1 heterocycles. The van der Waals surface area contributed by atoms with Crippen LogP contribution in [0, 0.1) is 24.0 Å². The number of carbonyl (C=O) groups excluding carboxylic acids is 1. The van der Waals surface area contributed by atoms with Gasteiger partial charge in [0.1, 0.15) is 16.4 Å². The van der Waals surface area contributed by atoms with Crippen molar-refractivity contribution in [3.63, 3.8) is 0 Å². The molecule has 1 amide bonds. The van der Waals surface area contributed by atoms with Gasteiger partial charge < -0.3 is 9.73 Å². The Morgan fingerprint density at radius 2 is 1.75 bits per heavy atom. The van der Waals surface area contributed by atoms with E-state index in [1.165, 1.54) is 24.3 Å². The van der Waals surface area contributed by atoms with Gasteiger partial charge in [0, 0.05) is 28.9 Å². The summed E-state index contributed by atoms with van der Waals surface area (Å²) in [6, 6.07) is 15.7. The Bertz CT molecular complexity index is 1440. The molecule has 0 aliphatic heterocycles. The van der Waals surface area contributed by atoms with Gasteiger partial charge in [0.15, 0.2) is 5.43 Å². The molecule has 4 aromatic rings. The fraction of sp³-hybridized carbons (Fsp3) is 0.0833. The third-order valence-electron chi connectivity index (χ3n) is 4.99. The van der Waals surface area contributed by atoms with Crippen molar-refractivity contribution in [1.82, 2.24) is 0 Å². The summed E-state index contributed by atoms with van der Waals surface area (Å²) >= 11 is 5.80. The second kappa shape index (κ2) is 8.28. The Morgan fingerprint density at radius 3 is 2.44 bits per heavy atom. The van der Waals surface area contributed by atoms with Crippen LogP contribution in [0.3, 0.4) is 0 Å². The second-order valence-electron chi connectivity index (χ2n) is 7.39. The monoisotopic (exact) mass is 448 g/mol. The molecule has 1 N–H and O–H groups in total. The average molecular weight is 449 g/mol. The molecule has 32 heavy (non-hydrogen) atoms. The van der Waals surface area contributed by atoms with Gasteiger partial charge in [-0.15, -0.1) is 0 Å². The Kier molecular flexibility index (Phi) is 5.50. The van der Waals surface area contributed by atoms with Gasteiger partial charge >= 0.3 is 0 Å². The summed E-state index contributed by atoms with van der Waals surface area (Å²) in [6.45, 7) is 3.81. The first-order chi connectivity index (χ1) is 15.2. The van der Waals surface area contributed by atoms with E-state index in [0.717, 1.165) is 11.1 Å². The Labute approximate surface area is 187 Å². The van der Waals surface area contributed by atoms with Crippen LogP contribution in [0.2, 0.25) is 5.02 Å². The number of aryl methyl sites for hydroxylation is 2. The molecule has 0 radical (unpaired) electrons. The van der Waals surface area contributed by atoms with Crippen molar-refractivity contribution in [2.45, 2.75) is 13.8 Å². The lowest BCUT2D eigenvalue weighted by atomic mass is 10.1. The molecule has 0 spiro atoms. The molecule has 3 aromatic carbocycles. The number of nitro benzene ring substituents is 1. The number of amides is 1. The van der Waals surface area contributed by atoms with Crippen LogP contribution in [-0.2, 0) is 0 Å². The van der Waals surface area contributed by atoms with E-state index in [1.807, 2.05) is 19.9 Å². The minimum absolute atomic E-state index is 0.0142. The minimum Gasteiger partial charge on any atom is -0.456 e. The maximum absolute atomic E-state index is 12.6. The summed E-state index contributed by atoms with van der Waals surface area (Å²) in [7, 11) is 0. The molecule has 7 nitrogen and oxygen atoms in total. The Morgan fingerprint density at radius 1 is 1.03 bits per heavy atom. The van der Waals surface area contributed by atoms with Crippen LogP contribution in [0.5, 0.6) is 0 Å². The first-order valence-electron chi connectivity index (χ1n) is 9.64. The van der Waals surface area contributed by atoms with E-state index in [4.69, 9.17) is 16.0 Å². The number of fused-ring (bicyclic) bond motifs is 1. The first kappa shape index (κ1) is 21.3. The zero-order valence-electron chi connectivity index (χ0n) is 17.1. The van der Waals surface area contributed by atoms with Crippen molar-refractivity contribution < 1.29 is 14.1 Å². The van der Waals surface area contributed by atoms with Crippen LogP contribution in [0.1, 0.15) is 21.5 Å². The van der Waals surface area contributed by atoms with Crippen LogP contribution in [0.15, 0.2) is 69.9 Å². The number of nitro groups is 1. The summed E-state index contributed by atoms with van der Waals surface area (Å²) in [5.74, 6) is -0.0470. The Balaban J connectivity index is 1.61. The lowest BCUT2D eigenvalue weighted by Gasteiger charge is -2.08.